The Labute approximate surface area is 128 Å². The maximum Gasteiger partial charge on any atom is 0.335 e. The SMILES string of the molecule is COc1cc(C(=O)O)ccc1CCNc1nnc(C)c(C)n1. The van der Waals surface area contributed by atoms with Crippen molar-refractivity contribution in [2.24, 2.45) is 0 Å². The van der Waals surface area contributed by atoms with Crippen LogP contribution >= 0.6 is 0 Å². The van der Waals surface area contributed by atoms with Crippen molar-refractivity contribution in [2.75, 3.05) is 19.0 Å². The van der Waals surface area contributed by atoms with Gasteiger partial charge in [-0.15, -0.1) is 5.10 Å². The van der Waals surface area contributed by atoms with E-state index in [1.807, 2.05) is 13.8 Å². The van der Waals surface area contributed by atoms with Gasteiger partial charge in [-0.05, 0) is 38.0 Å². The fourth-order valence-corrected chi connectivity index (χ4v) is 1.92. The normalized spacial score (nSPS) is 10.3. The number of hydrogen-bond acceptors (Lipinski definition) is 6. The molecule has 0 aliphatic carbocycles. The van der Waals surface area contributed by atoms with Crippen LogP contribution in [0.1, 0.15) is 27.3 Å². The van der Waals surface area contributed by atoms with Gasteiger partial charge in [0, 0.05) is 6.54 Å². The van der Waals surface area contributed by atoms with E-state index in [0.29, 0.717) is 24.7 Å². The van der Waals surface area contributed by atoms with Gasteiger partial charge in [-0.2, -0.15) is 5.10 Å². The number of ether oxygens (including phenoxy) is 1. The summed E-state index contributed by atoms with van der Waals surface area (Å²) in [6.07, 6.45) is 0.652. The van der Waals surface area contributed by atoms with Crippen molar-refractivity contribution in [2.45, 2.75) is 20.3 Å². The molecular weight excluding hydrogens is 284 g/mol. The molecule has 1 aromatic heterocycles. The van der Waals surface area contributed by atoms with Gasteiger partial charge < -0.3 is 15.2 Å². The van der Waals surface area contributed by atoms with Gasteiger partial charge >= 0.3 is 5.97 Å². The van der Waals surface area contributed by atoms with Gasteiger partial charge in [0.05, 0.1) is 24.1 Å². The molecule has 0 unspecified atom stereocenters. The molecule has 7 nitrogen and oxygen atoms in total. The van der Waals surface area contributed by atoms with Crippen molar-refractivity contribution in [3.63, 3.8) is 0 Å². The highest BCUT2D eigenvalue weighted by Crippen LogP contribution is 2.21. The van der Waals surface area contributed by atoms with E-state index in [0.717, 1.165) is 17.0 Å². The molecule has 116 valence electrons. The molecule has 1 aromatic carbocycles. The van der Waals surface area contributed by atoms with E-state index in [1.165, 1.54) is 13.2 Å². The molecule has 0 atom stereocenters. The van der Waals surface area contributed by atoms with Crippen LogP contribution in [-0.2, 0) is 6.42 Å². The molecule has 2 rings (SSSR count). The number of methoxy groups -OCH3 is 1. The van der Waals surface area contributed by atoms with E-state index in [2.05, 4.69) is 20.5 Å². The van der Waals surface area contributed by atoms with Crippen LogP contribution in [0.5, 0.6) is 5.75 Å². The van der Waals surface area contributed by atoms with Crippen LogP contribution < -0.4 is 10.1 Å². The summed E-state index contributed by atoms with van der Waals surface area (Å²) >= 11 is 0. The van der Waals surface area contributed by atoms with Crippen molar-refractivity contribution in [1.82, 2.24) is 15.2 Å². The van der Waals surface area contributed by atoms with Crippen molar-refractivity contribution in [1.29, 1.82) is 0 Å². The second-order valence-electron chi connectivity index (χ2n) is 4.81. The topological polar surface area (TPSA) is 97.2 Å². The first-order chi connectivity index (χ1) is 10.5. The minimum atomic E-state index is -0.974. The molecule has 0 aliphatic heterocycles. The van der Waals surface area contributed by atoms with Crippen LogP contribution in [0.2, 0.25) is 0 Å². The van der Waals surface area contributed by atoms with Gasteiger partial charge in [0.25, 0.3) is 0 Å². The van der Waals surface area contributed by atoms with Gasteiger partial charge in [-0.25, -0.2) is 9.78 Å². The summed E-state index contributed by atoms with van der Waals surface area (Å²) in [6.45, 7) is 4.32. The molecule has 2 aromatic rings. The van der Waals surface area contributed by atoms with Gasteiger partial charge in [-0.1, -0.05) is 6.07 Å². The van der Waals surface area contributed by atoms with E-state index in [4.69, 9.17) is 9.84 Å². The molecule has 0 amide bonds. The number of carboxylic acids is 1. The lowest BCUT2D eigenvalue weighted by Crippen LogP contribution is -2.11. The molecule has 0 fully saturated rings. The Kier molecular flexibility index (Phi) is 4.88. The van der Waals surface area contributed by atoms with E-state index in [9.17, 15) is 4.79 Å². The molecule has 0 radical (unpaired) electrons. The number of aromatic nitrogens is 3. The lowest BCUT2D eigenvalue weighted by Gasteiger charge is -2.10. The van der Waals surface area contributed by atoms with E-state index < -0.39 is 5.97 Å². The second-order valence-corrected chi connectivity index (χ2v) is 4.81. The Balaban J connectivity index is 2.02. The minimum absolute atomic E-state index is 0.204. The monoisotopic (exact) mass is 302 g/mol. The van der Waals surface area contributed by atoms with Crippen LogP contribution in [0.15, 0.2) is 18.2 Å². The van der Waals surface area contributed by atoms with Crippen molar-refractivity contribution < 1.29 is 14.6 Å². The summed E-state index contributed by atoms with van der Waals surface area (Å²) in [5.41, 5.74) is 2.75. The number of aromatic carboxylic acids is 1. The molecule has 0 aliphatic rings. The van der Waals surface area contributed by atoms with Crippen LogP contribution in [0.3, 0.4) is 0 Å². The van der Waals surface area contributed by atoms with Crippen LogP contribution in [-0.4, -0.2) is 39.9 Å². The lowest BCUT2D eigenvalue weighted by molar-refractivity contribution is 0.0696. The van der Waals surface area contributed by atoms with Gasteiger partial charge in [0.1, 0.15) is 5.75 Å². The molecule has 0 saturated heterocycles. The molecule has 0 bridgehead atoms. The number of carbonyl (C=O) groups is 1. The number of hydrogen-bond donors (Lipinski definition) is 2. The largest absolute Gasteiger partial charge is 0.496 e. The number of benzene rings is 1. The fourth-order valence-electron chi connectivity index (χ4n) is 1.92. The molecule has 0 spiro atoms. The fraction of sp³-hybridized carbons (Fsp3) is 0.333. The van der Waals surface area contributed by atoms with Crippen LogP contribution in [0, 0.1) is 13.8 Å². The summed E-state index contributed by atoms with van der Waals surface area (Å²) in [7, 11) is 1.52. The predicted molar refractivity (Wildman–Crippen MR) is 81.4 cm³/mol. The second kappa shape index (κ2) is 6.84. The molecule has 1 heterocycles. The zero-order valence-electron chi connectivity index (χ0n) is 12.8. The summed E-state index contributed by atoms with van der Waals surface area (Å²) in [6, 6.07) is 4.84. The minimum Gasteiger partial charge on any atom is -0.496 e. The van der Waals surface area contributed by atoms with Crippen LogP contribution in [0.25, 0.3) is 0 Å². The number of aryl methyl sites for hydroxylation is 2. The summed E-state index contributed by atoms with van der Waals surface area (Å²) < 4.78 is 5.24. The number of anilines is 1. The zero-order valence-corrected chi connectivity index (χ0v) is 12.8. The predicted octanol–water partition coefficient (Wildman–Crippen LogP) is 1.85. The maximum atomic E-state index is 10.9. The highest BCUT2D eigenvalue weighted by Gasteiger charge is 2.09. The van der Waals surface area contributed by atoms with Gasteiger partial charge in [0.2, 0.25) is 5.95 Å². The Morgan fingerprint density at radius 1 is 1.27 bits per heavy atom. The Hall–Kier alpha value is -2.70. The Morgan fingerprint density at radius 3 is 2.68 bits per heavy atom. The number of nitrogens with zero attached hydrogens (tertiary/aromatic N) is 3. The van der Waals surface area contributed by atoms with Crippen molar-refractivity contribution >= 4 is 11.9 Å². The highest BCUT2D eigenvalue weighted by molar-refractivity contribution is 5.88. The standard InChI is InChI=1S/C15H18N4O3/c1-9-10(2)18-19-15(17-9)16-7-6-11-4-5-12(14(20)21)8-13(11)22-3/h4-5,8H,6-7H2,1-3H3,(H,20,21)(H,16,17,19). The van der Waals surface area contributed by atoms with Crippen molar-refractivity contribution in [3.05, 3.63) is 40.7 Å². The van der Waals surface area contributed by atoms with E-state index >= 15 is 0 Å². The zero-order chi connectivity index (χ0) is 16.1. The Morgan fingerprint density at radius 2 is 2.05 bits per heavy atom. The molecule has 2 N–H and O–H groups in total. The molecule has 22 heavy (non-hydrogen) atoms. The summed E-state index contributed by atoms with van der Waals surface area (Å²) in [4.78, 5) is 15.2. The van der Waals surface area contributed by atoms with Crippen molar-refractivity contribution in [3.8, 4) is 5.75 Å². The summed E-state index contributed by atoms with van der Waals surface area (Å²) in [5, 5.41) is 20.0. The number of nitrogens with one attached hydrogen (secondary N) is 1. The van der Waals surface area contributed by atoms with E-state index in [1.54, 1.807) is 12.1 Å². The van der Waals surface area contributed by atoms with Gasteiger partial charge in [0.15, 0.2) is 0 Å². The molecule has 7 heteroatoms. The first-order valence-electron chi connectivity index (χ1n) is 6.83. The first kappa shape index (κ1) is 15.7. The average Bonchev–Trinajstić information content (AvgIpc) is 2.50. The first-order valence-corrected chi connectivity index (χ1v) is 6.83. The third-order valence-corrected chi connectivity index (χ3v) is 3.30. The quantitative estimate of drug-likeness (QED) is 0.840. The van der Waals surface area contributed by atoms with Gasteiger partial charge in [-0.3, -0.25) is 0 Å². The third kappa shape index (κ3) is 3.69. The third-order valence-electron chi connectivity index (χ3n) is 3.30. The number of rotatable bonds is 6. The molecular formula is C15H18N4O3. The van der Waals surface area contributed by atoms with E-state index in [-0.39, 0.29) is 5.56 Å². The maximum absolute atomic E-state index is 10.9. The highest BCUT2D eigenvalue weighted by atomic mass is 16.5. The smallest absolute Gasteiger partial charge is 0.335 e. The average molecular weight is 302 g/mol. The van der Waals surface area contributed by atoms with Crippen LogP contribution in [0.4, 0.5) is 5.95 Å². The Bertz CT molecular complexity index is 688. The molecule has 0 saturated carbocycles. The lowest BCUT2D eigenvalue weighted by atomic mass is 10.1. The summed E-state index contributed by atoms with van der Waals surface area (Å²) in [5.74, 6) is 0.0580. The number of carboxylic acid groups (broad SMARTS) is 1.